The summed E-state index contributed by atoms with van der Waals surface area (Å²) in [7, 11) is 0. The first-order chi connectivity index (χ1) is 7.93. The van der Waals surface area contributed by atoms with E-state index in [1.165, 1.54) is 11.1 Å². The zero-order valence-electron chi connectivity index (χ0n) is 9.11. The fourth-order valence-electron chi connectivity index (χ4n) is 2.06. The first-order valence-electron chi connectivity index (χ1n) is 5.65. The Labute approximate surface area is 95.2 Å². The summed E-state index contributed by atoms with van der Waals surface area (Å²) in [5.41, 5.74) is 2.76. The van der Waals surface area contributed by atoms with Gasteiger partial charge in [-0.2, -0.15) is 0 Å². The number of hydrogen-bond donors (Lipinski definition) is 0. The smallest absolute Gasteiger partial charge is 0.126 e. The minimum absolute atomic E-state index is 0.710. The highest BCUT2D eigenvalue weighted by molar-refractivity contribution is 5.44. The fourth-order valence-corrected chi connectivity index (χ4v) is 2.06. The van der Waals surface area contributed by atoms with Crippen LogP contribution in [-0.4, -0.2) is 6.61 Å². The number of ether oxygens (including phenoxy) is 2. The molecular weight excluding hydrogens is 200 g/mol. The van der Waals surface area contributed by atoms with Gasteiger partial charge < -0.3 is 9.47 Å². The van der Waals surface area contributed by atoms with Crippen LogP contribution >= 0.6 is 0 Å². The van der Waals surface area contributed by atoms with E-state index >= 15 is 0 Å². The minimum Gasteiger partial charge on any atom is -0.494 e. The van der Waals surface area contributed by atoms with E-state index in [9.17, 15) is 0 Å². The Hall–Kier alpha value is -1.70. The summed E-state index contributed by atoms with van der Waals surface area (Å²) in [5.74, 6) is 2.14. The SMILES string of the molecule is C1=CCOC(CCc2cccc3c2CO3)=C1. The van der Waals surface area contributed by atoms with Gasteiger partial charge in [0.2, 0.25) is 0 Å². The second-order valence-electron chi connectivity index (χ2n) is 4.05. The highest BCUT2D eigenvalue weighted by atomic mass is 16.5. The number of benzene rings is 1. The summed E-state index contributed by atoms with van der Waals surface area (Å²) in [4.78, 5) is 0. The summed E-state index contributed by atoms with van der Waals surface area (Å²) in [6, 6.07) is 6.27. The lowest BCUT2D eigenvalue weighted by atomic mass is 9.99. The van der Waals surface area contributed by atoms with Crippen LogP contribution in [0.2, 0.25) is 0 Å². The normalized spacial score (nSPS) is 16.6. The van der Waals surface area contributed by atoms with Crippen LogP contribution in [0.25, 0.3) is 0 Å². The van der Waals surface area contributed by atoms with E-state index in [0.29, 0.717) is 6.61 Å². The highest BCUT2D eigenvalue weighted by Crippen LogP contribution is 2.32. The Kier molecular flexibility index (Phi) is 2.41. The molecule has 2 heterocycles. The van der Waals surface area contributed by atoms with Gasteiger partial charge >= 0.3 is 0 Å². The van der Waals surface area contributed by atoms with Crippen LogP contribution in [0.5, 0.6) is 5.75 Å². The molecule has 0 unspecified atom stereocenters. The van der Waals surface area contributed by atoms with Crippen molar-refractivity contribution in [2.45, 2.75) is 19.4 Å². The zero-order valence-corrected chi connectivity index (χ0v) is 9.11. The van der Waals surface area contributed by atoms with Crippen LogP contribution in [0.4, 0.5) is 0 Å². The van der Waals surface area contributed by atoms with E-state index < -0.39 is 0 Å². The van der Waals surface area contributed by atoms with Crippen LogP contribution < -0.4 is 4.74 Å². The molecule has 3 rings (SSSR count). The molecule has 0 saturated carbocycles. The molecule has 0 aromatic heterocycles. The first kappa shape index (κ1) is 9.52. The molecule has 0 amide bonds. The maximum Gasteiger partial charge on any atom is 0.126 e. The lowest BCUT2D eigenvalue weighted by Gasteiger charge is -2.23. The van der Waals surface area contributed by atoms with Crippen molar-refractivity contribution in [1.29, 1.82) is 0 Å². The molecule has 1 aromatic carbocycles. The molecule has 1 aromatic rings. The lowest BCUT2D eigenvalue weighted by molar-refractivity contribution is 0.229. The zero-order chi connectivity index (χ0) is 10.8. The van der Waals surface area contributed by atoms with Gasteiger partial charge in [-0.25, -0.2) is 0 Å². The van der Waals surface area contributed by atoms with Crippen molar-refractivity contribution in [1.82, 2.24) is 0 Å². The Morgan fingerprint density at radius 3 is 2.88 bits per heavy atom. The van der Waals surface area contributed by atoms with Crippen molar-refractivity contribution in [2.75, 3.05) is 6.61 Å². The van der Waals surface area contributed by atoms with E-state index in [4.69, 9.17) is 9.47 Å². The highest BCUT2D eigenvalue weighted by Gasteiger charge is 2.18. The van der Waals surface area contributed by atoms with E-state index in [0.717, 1.165) is 31.0 Å². The van der Waals surface area contributed by atoms with Gasteiger partial charge in [0, 0.05) is 12.0 Å². The second-order valence-corrected chi connectivity index (χ2v) is 4.05. The maximum atomic E-state index is 5.53. The quantitative estimate of drug-likeness (QED) is 0.770. The van der Waals surface area contributed by atoms with Gasteiger partial charge in [-0.3, -0.25) is 0 Å². The van der Waals surface area contributed by atoms with E-state index in [1.54, 1.807) is 0 Å². The molecule has 2 nitrogen and oxygen atoms in total. The standard InChI is InChI=1S/C14H14O2/c1-2-9-15-12(5-1)8-7-11-4-3-6-14-13(11)10-16-14/h1-6H,7-10H2. The molecule has 0 spiro atoms. The third-order valence-corrected chi connectivity index (χ3v) is 3.03. The Balaban J connectivity index is 1.68. The Morgan fingerprint density at radius 1 is 1.12 bits per heavy atom. The summed E-state index contributed by atoms with van der Waals surface area (Å²) in [5, 5.41) is 0. The molecule has 2 aliphatic heterocycles. The van der Waals surface area contributed by atoms with Gasteiger partial charge in [-0.1, -0.05) is 18.2 Å². The molecule has 2 aliphatic rings. The molecule has 0 fully saturated rings. The largest absolute Gasteiger partial charge is 0.494 e. The number of rotatable bonds is 3. The topological polar surface area (TPSA) is 18.5 Å². The number of allylic oxidation sites excluding steroid dienone is 3. The molecule has 2 heteroatoms. The van der Waals surface area contributed by atoms with Crippen LogP contribution in [-0.2, 0) is 17.8 Å². The molecule has 0 aliphatic carbocycles. The van der Waals surface area contributed by atoms with Gasteiger partial charge in [0.05, 0.1) is 5.76 Å². The van der Waals surface area contributed by atoms with Crippen molar-refractivity contribution < 1.29 is 9.47 Å². The van der Waals surface area contributed by atoms with Gasteiger partial charge in [-0.05, 0) is 30.2 Å². The van der Waals surface area contributed by atoms with E-state index in [2.05, 4.69) is 24.3 Å². The Morgan fingerprint density at radius 2 is 2.12 bits per heavy atom. The van der Waals surface area contributed by atoms with Crippen LogP contribution in [0, 0.1) is 0 Å². The number of hydrogen-bond acceptors (Lipinski definition) is 2. The van der Waals surface area contributed by atoms with Crippen molar-refractivity contribution in [3.63, 3.8) is 0 Å². The van der Waals surface area contributed by atoms with E-state index in [-0.39, 0.29) is 0 Å². The lowest BCUT2D eigenvalue weighted by Crippen LogP contribution is -2.12. The monoisotopic (exact) mass is 214 g/mol. The first-order valence-corrected chi connectivity index (χ1v) is 5.65. The van der Waals surface area contributed by atoms with Gasteiger partial charge in [0.15, 0.2) is 0 Å². The summed E-state index contributed by atoms with van der Waals surface area (Å²) in [6.07, 6.45) is 8.14. The molecule has 0 saturated heterocycles. The van der Waals surface area contributed by atoms with Crippen molar-refractivity contribution >= 4 is 0 Å². The molecule has 0 radical (unpaired) electrons. The van der Waals surface area contributed by atoms with Crippen LogP contribution in [0.15, 0.2) is 42.2 Å². The molecule has 0 bridgehead atoms. The second kappa shape index (κ2) is 4.05. The van der Waals surface area contributed by atoms with Crippen molar-refractivity contribution in [3.8, 4) is 5.75 Å². The third kappa shape index (κ3) is 1.71. The van der Waals surface area contributed by atoms with Gasteiger partial charge in [0.1, 0.15) is 19.0 Å². The van der Waals surface area contributed by atoms with Crippen LogP contribution in [0.1, 0.15) is 17.5 Å². The number of aryl methyl sites for hydroxylation is 1. The molecule has 0 atom stereocenters. The predicted molar refractivity (Wildman–Crippen MR) is 62.3 cm³/mol. The van der Waals surface area contributed by atoms with Gasteiger partial charge in [-0.15, -0.1) is 0 Å². The molecule has 0 N–H and O–H groups in total. The summed E-state index contributed by atoms with van der Waals surface area (Å²) < 4.78 is 10.9. The number of fused-ring (bicyclic) bond motifs is 1. The average Bonchev–Trinajstić information content (AvgIpc) is 2.30. The molecule has 82 valence electrons. The molecule has 16 heavy (non-hydrogen) atoms. The van der Waals surface area contributed by atoms with E-state index in [1.807, 2.05) is 12.1 Å². The Bertz CT molecular complexity index is 458. The predicted octanol–water partition coefficient (Wildman–Crippen LogP) is 2.98. The molecular formula is C14H14O2. The van der Waals surface area contributed by atoms with Crippen LogP contribution in [0.3, 0.4) is 0 Å². The maximum absolute atomic E-state index is 5.53. The summed E-state index contributed by atoms with van der Waals surface area (Å²) >= 11 is 0. The fraction of sp³-hybridized carbons (Fsp3) is 0.286. The minimum atomic E-state index is 0.710. The summed E-state index contributed by atoms with van der Waals surface area (Å²) in [6.45, 7) is 1.48. The average molecular weight is 214 g/mol. The third-order valence-electron chi connectivity index (χ3n) is 3.03. The van der Waals surface area contributed by atoms with Crippen molar-refractivity contribution in [2.24, 2.45) is 0 Å². The van der Waals surface area contributed by atoms with Crippen molar-refractivity contribution in [3.05, 3.63) is 53.3 Å². The van der Waals surface area contributed by atoms with Gasteiger partial charge in [0.25, 0.3) is 0 Å².